The van der Waals surface area contributed by atoms with Gasteiger partial charge in [0.25, 0.3) is 0 Å². The third kappa shape index (κ3) is 5.93. The van der Waals surface area contributed by atoms with Crippen molar-refractivity contribution >= 4 is 38.6 Å². The molecule has 1 heteroatoms. The van der Waals surface area contributed by atoms with E-state index in [1.807, 2.05) is 0 Å². The molecule has 0 aliphatic heterocycles. The van der Waals surface area contributed by atoms with Gasteiger partial charge in [-0.05, 0) is 119 Å². The highest BCUT2D eigenvalue weighted by Gasteiger charge is 2.36. The first kappa shape index (κ1) is 35.7. The lowest BCUT2D eigenvalue weighted by molar-refractivity contribution is 0.660. The predicted octanol–water partition coefficient (Wildman–Crippen LogP) is 16.4. The third-order valence-electron chi connectivity index (χ3n) is 12.7. The summed E-state index contributed by atoms with van der Waals surface area (Å²) in [7, 11) is 0. The average Bonchev–Trinajstić information content (AvgIpc) is 3.54. The Morgan fingerprint density at radius 2 is 0.883 bits per heavy atom. The largest absolute Gasteiger partial charge is 0.310 e. The normalized spacial score (nSPS) is 12.6. The van der Waals surface area contributed by atoms with Crippen LogP contribution in [0.3, 0.4) is 0 Å². The number of benzene rings is 10. The molecule has 1 aliphatic carbocycles. The molecule has 0 unspecified atom stereocenters. The molecule has 0 aromatic heterocycles. The quantitative estimate of drug-likeness (QED) is 0.146. The summed E-state index contributed by atoms with van der Waals surface area (Å²) in [5.41, 5.74) is 18.1. The van der Waals surface area contributed by atoms with E-state index < -0.39 is 0 Å². The van der Waals surface area contributed by atoms with Gasteiger partial charge < -0.3 is 4.90 Å². The van der Waals surface area contributed by atoms with Crippen molar-refractivity contribution in [3.05, 3.63) is 236 Å². The van der Waals surface area contributed by atoms with Crippen LogP contribution in [0, 0.1) is 0 Å². The Labute approximate surface area is 352 Å². The number of hydrogen-bond acceptors (Lipinski definition) is 1. The Balaban J connectivity index is 1.13. The standard InChI is InChI=1S/C59H43N/c1-59(2)55-26-14-13-23-52(55)53-37-35-47(39-56(53)59)60(46-33-30-40(31-34-46)44-32-36-50-45(38-44)29-28-43-20-9-10-21-48(43)50)57-27-15-25-51(42-18-7-4-8-19-42)58(57)54-24-12-11-22-49(54)41-16-5-3-6-17-41/h3-39H,1-2H3. The van der Waals surface area contributed by atoms with Crippen LogP contribution in [-0.2, 0) is 5.41 Å². The molecule has 1 nitrogen and oxygen atoms in total. The first-order chi connectivity index (χ1) is 29.5. The van der Waals surface area contributed by atoms with Crippen molar-refractivity contribution in [1.82, 2.24) is 0 Å². The van der Waals surface area contributed by atoms with Crippen molar-refractivity contribution in [2.24, 2.45) is 0 Å². The zero-order valence-electron chi connectivity index (χ0n) is 33.8. The molecule has 0 saturated heterocycles. The molecule has 10 aromatic carbocycles. The minimum Gasteiger partial charge on any atom is -0.310 e. The molecule has 0 N–H and O–H groups in total. The van der Waals surface area contributed by atoms with Gasteiger partial charge >= 0.3 is 0 Å². The molecule has 10 aromatic rings. The monoisotopic (exact) mass is 765 g/mol. The lowest BCUT2D eigenvalue weighted by Crippen LogP contribution is -2.17. The fourth-order valence-electron chi connectivity index (χ4n) is 9.69. The molecule has 0 fully saturated rings. The van der Waals surface area contributed by atoms with E-state index >= 15 is 0 Å². The SMILES string of the molecule is CC1(C)c2ccccc2-c2ccc(N(c3ccc(-c4ccc5c(ccc6ccccc65)c4)cc3)c3cccc(-c4ccccc4)c3-c3ccccc3-c3ccccc3)cc21. The van der Waals surface area contributed by atoms with Crippen LogP contribution in [0.5, 0.6) is 0 Å². The van der Waals surface area contributed by atoms with Gasteiger partial charge in [0.1, 0.15) is 0 Å². The molecule has 11 rings (SSSR count). The molecule has 0 radical (unpaired) electrons. The Hall–Kier alpha value is -7.48. The van der Waals surface area contributed by atoms with Gasteiger partial charge in [0, 0.05) is 22.4 Å². The Morgan fingerprint density at radius 1 is 0.317 bits per heavy atom. The predicted molar refractivity (Wildman–Crippen MR) is 255 cm³/mol. The van der Waals surface area contributed by atoms with E-state index in [0.717, 1.165) is 17.1 Å². The lowest BCUT2D eigenvalue weighted by Gasteiger charge is -2.31. The molecule has 0 saturated carbocycles. The minimum absolute atomic E-state index is 0.145. The third-order valence-corrected chi connectivity index (χ3v) is 12.7. The van der Waals surface area contributed by atoms with Crippen LogP contribution in [0.25, 0.3) is 77.2 Å². The molecule has 0 atom stereocenters. The number of fused-ring (bicyclic) bond motifs is 6. The summed E-state index contributed by atoms with van der Waals surface area (Å²) in [5.74, 6) is 0. The van der Waals surface area contributed by atoms with Crippen molar-refractivity contribution in [2.75, 3.05) is 4.90 Å². The van der Waals surface area contributed by atoms with E-state index in [-0.39, 0.29) is 5.41 Å². The fourth-order valence-corrected chi connectivity index (χ4v) is 9.69. The molecule has 0 bridgehead atoms. The van der Waals surface area contributed by atoms with E-state index in [1.54, 1.807) is 0 Å². The van der Waals surface area contributed by atoms with E-state index in [4.69, 9.17) is 0 Å². The molecule has 284 valence electrons. The van der Waals surface area contributed by atoms with Crippen LogP contribution in [-0.4, -0.2) is 0 Å². The summed E-state index contributed by atoms with van der Waals surface area (Å²) < 4.78 is 0. The van der Waals surface area contributed by atoms with Gasteiger partial charge in [-0.2, -0.15) is 0 Å². The van der Waals surface area contributed by atoms with Gasteiger partial charge in [-0.1, -0.05) is 202 Å². The van der Waals surface area contributed by atoms with Crippen LogP contribution < -0.4 is 4.90 Å². The van der Waals surface area contributed by atoms with Crippen LogP contribution >= 0.6 is 0 Å². The summed E-state index contributed by atoms with van der Waals surface area (Å²) >= 11 is 0. The zero-order valence-corrected chi connectivity index (χ0v) is 33.8. The first-order valence-corrected chi connectivity index (χ1v) is 20.9. The molecule has 0 heterocycles. The Morgan fingerprint density at radius 3 is 1.67 bits per heavy atom. The molecular weight excluding hydrogens is 723 g/mol. The van der Waals surface area contributed by atoms with Crippen LogP contribution in [0.2, 0.25) is 0 Å². The van der Waals surface area contributed by atoms with Gasteiger partial charge in [-0.25, -0.2) is 0 Å². The van der Waals surface area contributed by atoms with Crippen LogP contribution in [0.1, 0.15) is 25.0 Å². The van der Waals surface area contributed by atoms with Crippen LogP contribution in [0.4, 0.5) is 17.1 Å². The molecular formula is C59H43N. The Bertz CT molecular complexity index is 3210. The van der Waals surface area contributed by atoms with E-state index in [0.29, 0.717) is 0 Å². The summed E-state index contributed by atoms with van der Waals surface area (Å²) in [4.78, 5) is 2.49. The molecule has 1 aliphatic rings. The number of nitrogens with zero attached hydrogens (tertiary/aromatic N) is 1. The van der Waals surface area contributed by atoms with Crippen molar-refractivity contribution in [3.63, 3.8) is 0 Å². The van der Waals surface area contributed by atoms with Gasteiger partial charge in [0.2, 0.25) is 0 Å². The summed E-state index contributed by atoms with van der Waals surface area (Å²) in [6, 6.07) is 82.5. The highest BCUT2D eigenvalue weighted by atomic mass is 15.1. The average molecular weight is 766 g/mol. The van der Waals surface area contributed by atoms with Crippen molar-refractivity contribution in [1.29, 1.82) is 0 Å². The second kappa shape index (κ2) is 14.4. The first-order valence-electron chi connectivity index (χ1n) is 20.9. The van der Waals surface area contributed by atoms with E-state index in [2.05, 4.69) is 243 Å². The molecule has 60 heavy (non-hydrogen) atoms. The van der Waals surface area contributed by atoms with Gasteiger partial charge in [0.05, 0.1) is 5.69 Å². The van der Waals surface area contributed by atoms with E-state index in [9.17, 15) is 0 Å². The van der Waals surface area contributed by atoms with Crippen molar-refractivity contribution in [2.45, 2.75) is 19.3 Å². The van der Waals surface area contributed by atoms with Gasteiger partial charge in [-0.15, -0.1) is 0 Å². The topological polar surface area (TPSA) is 3.24 Å². The van der Waals surface area contributed by atoms with Crippen molar-refractivity contribution < 1.29 is 0 Å². The smallest absolute Gasteiger partial charge is 0.0546 e. The minimum atomic E-state index is -0.145. The van der Waals surface area contributed by atoms with Crippen LogP contribution in [0.15, 0.2) is 224 Å². The number of hydrogen-bond donors (Lipinski definition) is 0. The highest BCUT2D eigenvalue weighted by molar-refractivity contribution is 6.08. The number of rotatable bonds is 7. The second-order valence-corrected chi connectivity index (χ2v) is 16.5. The van der Waals surface area contributed by atoms with Gasteiger partial charge in [0.15, 0.2) is 0 Å². The summed E-state index contributed by atoms with van der Waals surface area (Å²) in [6.45, 7) is 4.73. The molecule has 0 amide bonds. The maximum atomic E-state index is 2.49. The Kier molecular flexibility index (Phi) is 8.57. The second-order valence-electron chi connectivity index (χ2n) is 16.5. The highest BCUT2D eigenvalue weighted by Crippen LogP contribution is 2.53. The lowest BCUT2D eigenvalue weighted by atomic mass is 9.82. The maximum absolute atomic E-state index is 2.49. The molecule has 0 spiro atoms. The van der Waals surface area contributed by atoms with Crippen molar-refractivity contribution in [3.8, 4) is 55.6 Å². The summed E-state index contributed by atoms with van der Waals surface area (Å²) in [5, 5.41) is 5.08. The maximum Gasteiger partial charge on any atom is 0.0546 e. The van der Waals surface area contributed by atoms with E-state index in [1.165, 1.54) is 88.3 Å². The zero-order chi connectivity index (χ0) is 40.2. The van der Waals surface area contributed by atoms with Gasteiger partial charge in [-0.3, -0.25) is 0 Å². The summed E-state index contributed by atoms with van der Waals surface area (Å²) in [6.07, 6.45) is 0. The number of anilines is 3. The fraction of sp³-hybridized carbons (Fsp3) is 0.0508.